The molecule has 3 aromatic rings. The number of nitrogens with zero attached hydrogens (tertiary/aromatic N) is 2. The molecule has 0 aliphatic rings. The molecule has 1 heterocycles. The van der Waals surface area contributed by atoms with E-state index in [1.807, 2.05) is 0 Å². The minimum Gasteiger partial charge on any atom is -0.618 e. The number of carbonyl (C=O) groups excluding carboxylic acids is 2. The van der Waals surface area contributed by atoms with E-state index in [0.717, 1.165) is 0 Å². The van der Waals surface area contributed by atoms with Gasteiger partial charge in [-0.2, -0.15) is 4.73 Å². The lowest BCUT2D eigenvalue weighted by atomic mass is 10.2. The summed E-state index contributed by atoms with van der Waals surface area (Å²) in [5.74, 6) is -1.51. The third kappa shape index (κ3) is 4.00. The Balaban J connectivity index is 2.03. The molecule has 0 fully saturated rings. The number of aromatic nitrogens is 2. The summed E-state index contributed by atoms with van der Waals surface area (Å²) in [5, 5.41) is 13.1. The third-order valence-corrected chi connectivity index (χ3v) is 4.51. The van der Waals surface area contributed by atoms with Crippen LogP contribution in [0, 0.1) is 5.21 Å². The number of rotatable bonds is 5. The molecule has 0 aliphatic carbocycles. The normalized spacial score (nSPS) is 10.7. The molecule has 2 aromatic carbocycles. The first-order chi connectivity index (χ1) is 13.4. The Bertz CT molecular complexity index is 1060. The molecule has 28 heavy (non-hydrogen) atoms. The van der Waals surface area contributed by atoms with Gasteiger partial charge in [-0.3, -0.25) is 0 Å². The summed E-state index contributed by atoms with van der Waals surface area (Å²) < 4.78 is 10.5. The highest BCUT2D eigenvalue weighted by molar-refractivity contribution is 6.42. The van der Waals surface area contributed by atoms with Gasteiger partial charge in [0, 0.05) is 6.07 Å². The molecule has 0 radical (unpaired) electrons. The molecule has 0 atom stereocenters. The molecule has 0 unspecified atom stereocenters. The van der Waals surface area contributed by atoms with Crippen LogP contribution >= 0.6 is 23.2 Å². The summed E-state index contributed by atoms with van der Waals surface area (Å²) in [7, 11) is 0. The van der Waals surface area contributed by atoms with Crippen molar-refractivity contribution in [3.63, 3.8) is 0 Å². The number of ether oxygens (including phenoxy) is 2. The molecule has 0 amide bonds. The van der Waals surface area contributed by atoms with Crippen LogP contribution in [-0.4, -0.2) is 23.5 Å². The zero-order valence-electron chi connectivity index (χ0n) is 14.6. The van der Waals surface area contributed by atoms with E-state index < -0.39 is 18.5 Å². The molecule has 7 nitrogen and oxygen atoms in total. The predicted molar refractivity (Wildman–Crippen MR) is 102 cm³/mol. The zero-order valence-corrected chi connectivity index (χ0v) is 16.2. The smallest absolute Gasteiger partial charge is 0.407 e. The highest BCUT2D eigenvalue weighted by Gasteiger charge is 2.29. The van der Waals surface area contributed by atoms with Gasteiger partial charge in [0.2, 0.25) is 5.52 Å². The predicted octanol–water partition coefficient (Wildman–Crippen LogP) is 3.71. The van der Waals surface area contributed by atoms with Gasteiger partial charge < -0.3 is 14.7 Å². The lowest BCUT2D eigenvalue weighted by Gasteiger charge is -2.12. The largest absolute Gasteiger partial charge is 0.618 e. The van der Waals surface area contributed by atoms with Crippen molar-refractivity contribution in [3.05, 3.63) is 74.7 Å². The van der Waals surface area contributed by atoms with E-state index in [-0.39, 0.29) is 39.1 Å². The minimum absolute atomic E-state index is 0.0376. The second-order valence-electron chi connectivity index (χ2n) is 5.62. The van der Waals surface area contributed by atoms with Crippen LogP contribution in [0.3, 0.4) is 0 Å². The molecule has 1 aromatic heterocycles. The van der Waals surface area contributed by atoms with Crippen molar-refractivity contribution >= 4 is 46.2 Å². The second-order valence-corrected chi connectivity index (χ2v) is 6.43. The standard InChI is InChI=1S/C19H14Cl2N2O5/c1-2-27-19(25)17-15(10-28-18(24)11-6-4-3-5-7-11)22-14-8-12(20)13(21)9-16(14)23(17)26/h3-9H,2,10H2,1H3. The Labute approximate surface area is 170 Å². The number of halogens is 2. The van der Waals surface area contributed by atoms with Crippen LogP contribution in [0.15, 0.2) is 42.5 Å². The number of carbonyl (C=O) groups is 2. The summed E-state index contributed by atoms with van der Waals surface area (Å²) in [6, 6.07) is 11.0. The van der Waals surface area contributed by atoms with Crippen LogP contribution < -0.4 is 4.73 Å². The van der Waals surface area contributed by atoms with Crippen molar-refractivity contribution in [1.82, 2.24) is 4.98 Å². The van der Waals surface area contributed by atoms with Gasteiger partial charge >= 0.3 is 17.6 Å². The van der Waals surface area contributed by atoms with Crippen LogP contribution in [0.5, 0.6) is 0 Å². The Morgan fingerprint density at radius 3 is 2.43 bits per heavy atom. The van der Waals surface area contributed by atoms with Crippen molar-refractivity contribution in [2.75, 3.05) is 6.61 Å². The Hall–Kier alpha value is -2.90. The second kappa shape index (κ2) is 8.41. The van der Waals surface area contributed by atoms with Crippen molar-refractivity contribution in [1.29, 1.82) is 0 Å². The molecule has 0 saturated carbocycles. The zero-order chi connectivity index (χ0) is 20.3. The van der Waals surface area contributed by atoms with Crippen molar-refractivity contribution in [2.24, 2.45) is 0 Å². The lowest BCUT2D eigenvalue weighted by Crippen LogP contribution is -2.39. The maximum absolute atomic E-state index is 12.8. The molecule has 9 heteroatoms. The van der Waals surface area contributed by atoms with E-state index in [2.05, 4.69) is 4.98 Å². The quantitative estimate of drug-likeness (QED) is 0.354. The molecule has 3 rings (SSSR count). The molecule has 0 aliphatic heterocycles. The molecule has 144 valence electrons. The van der Waals surface area contributed by atoms with Crippen LogP contribution in [0.4, 0.5) is 0 Å². The first kappa shape index (κ1) is 19.9. The fraction of sp³-hybridized carbons (Fsp3) is 0.158. The summed E-state index contributed by atoms with van der Waals surface area (Å²) >= 11 is 12.0. The first-order valence-corrected chi connectivity index (χ1v) is 8.98. The van der Waals surface area contributed by atoms with Gasteiger partial charge in [0.25, 0.3) is 0 Å². The summed E-state index contributed by atoms with van der Waals surface area (Å²) in [6.07, 6.45) is 0. The van der Waals surface area contributed by atoms with Gasteiger partial charge in [0.1, 0.15) is 12.1 Å². The summed E-state index contributed by atoms with van der Waals surface area (Å²) in [6.45, 7) is 1.26. The monoisotopic (exact) mass is 420 g/mol. The maximum Gasteiger partial charge on any atom is 0.407 e. The van der Waals surface area contributed by atoms with E-state index in [4.69, 9.17) is 32.7 Å². The van der Waals surface area contributed by atoms with Gasteiger partial charge in [-0.05, 0) is 25.1 Å². The third-order valence-electron chi connectivity index (χ3n) is 3.79. The van der Waals surface area contributed by atoms with Crippen LogP contribution in [0.2, 0.25) is 10.0 Å². The average molecular weight is 421 g/mol. The SMILES string of the molecule is CCOC(=O)c1c(COC(=O)c2ccccc2)nc2cc(Cl)c(Cl)cc2[n+]1[O-]. The fourth-order valence-corrected chi connectivity index (χ4v) is 2.82. The Kier molecular flexibility index (Phi) is 5.96. The number of benzene rings is 2. The number of fused-ring (bicyclic) bond motifs is 1. The minimum atomic E-state index is -0.885. The average Bonchev–Trinajstić information content (AvgIpc) is 2.68. The molecule has 0 saturated heterocycles. The van der Waals surface area contributed by atoms with Crippen molar-refractivity contribution < 1.29 is 23.8 Å². The van der Waals surface area contributed by atoms with E-state index in [1.54, 1.807) is 37.3 Å². The van der Waals surface area contributed by atoms with Crippen LogP contribution in [-0.2, 0) is 16.1 Å². The lowest BCUT2D eigenvalue weighted by molar-refractivity contribution is -0.581. The number of hydrogen-bond donors (Lipinski definition) is 0. The Morgan fingerprint density at radius 1 is 1.07 bits per heavy atom. The van der Waals surface area contributed by atoms with Crippen LogP contribution in [0.25, 0.3) is 11.0 Å². The van der Waals surface area contributed by atoms with Gasteiger partial charge in [-0.1, -0.05) is 41.4 Å². The highest BCUT2D eigenvalue weighted by atomic mass is 35.5. The summed E-state index contributed by atoms with van der Waals surface area (Å²) in [4.78, 5) is 28.8. The van der Waals surface area contributed by atoms with E-state index in [1.165, 1.54) is 12.1 Å². The van der Waals surface area contributed by atoms with Gasteiger partial charge in [0.15, 0.2) is 5.69 Å². The van der Waals surface area contributed by atoms with E-state index in [0.29, 0.717) is 10.3 Å². The van der Waals surface area contributed by atoms with Gasteiger partial charge in [-0.15, -0.1) is 0 Å². The van der Waals surface area contributed by atoms with E-state index in [9.17, 15) is 14.8 Å². The van der Waals surface area contributed by atoms with E-state index >= 15 is 0 Å². The summed E-state index contributed by atoms with van der Waals surface area (Å²) in [5.41, 5.74) is 0.127. The van der Waals surface area contributed by atoms with Gasteiger partial charge in [0.05, 0.1) is 22.2 Å². The highest BCUT2D eigenvalue weighted by Crippen LogP contribution is 2.26. The number of hydrogen-bond acceptors (Lipinski definition) is 6. The molecular formula is C19H14Cl2N2O5. The Morgan fingerprint density at radius 2 is 1.75 bits per heavy atom. The molecule has 0 bridgehead atoms. The van der Waals surface area contributed by atoms with Crippen molar-refractivity contribution in [2.45, 2.75) is 13.5 Å². The topological polar surface area (TPSA) is 92.4 Å². The van der Waals surface area contributed by atoms with Crippen molar-refractivity contribution in [3.8, 4) is 0 Å². The first-order valence-electron chi connectivity index (χ1n) is 8.22. The van der Waals surface area contributed by atoms with Gasteiger partial charge in [-0.25, -0.2) is 14.6 Å². The molecular weight excluding hydrogens is 407 g/mol. The molecule has 0 spiro atoms. The van der Waals surface area contributed by atoms with Crippen LogP contribution in [0.1, 0.15) is 33.5 Å². The fourth-order valence-electron chi connectivity index (χ4n) is 2.51. The number of esters is 2. The molecule has 0 N–H and O–H groups in total. The maximum atomic E-state index is 12.8.